The molecule has 0 bridgehead atoms. The van der Waals surface area contributed by atoms with E-state index in [9.17, 15) is 9.90 Å². The first-order valence-corrected chi connectivity index (χ1v) is 7.87. The van der Waals surface area contributed by atoms with Gasteiger partial charge in [-0.3, -0.25) is 9.69 Å². The molecule has 4 nitrogen and oxygen atoms in total. The Morgan fingerprint density at radius 1 is 1.00 bits per heavy atom. The van der Waals surface area contributed by atoms with Crippen molar-refractivity contribution in [2.24, 2.45) is 5.92 Å². The first-order chi connectivity index (χ1) is 9.27. The lowest BCUT2D eigenvalue weighted by molar-refractivity contribution is -0.152. The molecule has 0 aromatic heterocycles. The van der Waals surface area contributed by atoms with Crippen LogP contribution in [0.4, 0.5) is 0 Å². The van der Waals surface area contributed by atoms with Crippen LogP contribution in [0, 0.1) is 5.92 Å². The van der Waals surface area contributed by atoms with Gasteiger partial charge in [0, 0.05) is 18.6 Å². The molecular weight excluding hydrogens is 242 g/mol. The highest BCUT2D eigenvalue weighted by atomic mass is 16.5. The van der Waals surface area contributed by atoms with Crippen LogP contribution in [0.3, 0.4) is 0 Å². The largest absolute Gasteiger partial charge is 0.481 e. The molecule has 2 saturated carbocycles. The summed E-state index contributed by atoms with van der Waals surface area (Å²) >= 11 is 0. The Morgan fingerprint density at radius 3 is 2.47 bits per heavy atom. The Bertz CT molecular complexity index is 331. The van der Waals surface area contributed by atoms with Crippen molar-refractivity contribution in [2.45, 2.75) is 69.6 Å². The number of hydrogen-bond donors (Lipinski definition) is 1. The summed E-state index contributed by atoms with van der Waals surface area (Å²) in [5.74, 6) is -0.752. The fourth-order valence-electron chi connectivity index (χ4n) is 4.33. The maximum absolute atomic E-state index is 11.5. The summed E-state index contributed by atoms with van der Waals surface area (Å²) in [4.78, 5) is 14.0. The average Bonchev–Trinajstić information content (AvgIpc) is 2.46. The van der Waals surface area contributed by atoms with E-state index < -0.39 is 5.97 Å². The van der Waals surface area contributed by atoms with Gasteiger partial charge in [0.2, 0.25) is 0 Å². The minimum absolute atomic E-state index is 0.158. The standard InChI is InChI=1S/C15H25NO3/c17-15(18)11-5-1-2-6-12(11)16-9-10-19-14-8-4-3-7-13(14)16/h11-14H,1-10H2,(H,17,18). The van der Waals surface area contributed by atoms with Crippen LogP contribution in [-0.2, 0) is 9.53 Å². The molecule has 3 aliphatic rings. The van der Waals surface area contributed by atoms with Gasteiger partial charge in [-0.1, -0.05) is 25.7 Å². The fourth-order valence-corrected chi connectivity index (χ4v) is 4.33. The second kappa shape index (κ2) is 5.80. The smallest absolute Gasteiger partial charge is 0.308 e. The van der Waals surface area contributed by atoms with Gasteiger partial charge in [0.25, 0.3) is 0 Å². The van der Waals surface area contributed by atoms with E-state index in [1.54, 1.807) is 0 Å². The van der Waals surface area contributed by atoms with Crippen molar-refractivity contribution in [1.82, 2.24) is 4.90 Å². The summed E-state index contributed by atoms with van der Waals surface area (Å²) in [6, 6.07) is 0.730. The summed E-state index contributed by atoms with van der Waals surface area (Å²) in [7, 11) is 0. The number of rotatable bonds is 2. The molecule has 0 spiro atoms. The summed E-state index contributed by atoms with van der Waals surface area (Å²) in [5, 5.41) is 9.48. The third-order valence-electron chi connectivity index (χ3n) is 5.25. The molecule has 19 heavy (non-hydrogen) atoms. The van der Waals surface area contributed by atoms with Gasteiger partial charge in [-0.05, 0) is 25.7 Å². The molecule has 0 amide bonds. The van der Waals surface area contributed by atoms with Crippen molar-refractivity contribution in [3.63, 3.8) is 0 Å². The summed E-state index contributed by atoms with van der Waals surface area (Å²) < 4.78 is 5.91. The minimum Gasteiger partial charge on any atom is -0.481 e. The molecule has 108 valence electrons. The van der Waals surface area contributed by atoms with Crippen LogP contribution in [-0.4, -0.2) is 47.3 Å². The predicted octanol–water partition coefficient (Wildman–Crippen LogP) is 2.27. The van der Waals surface area contributed by atoms with E-state index in [-0.39, 0.29) is 12.0 Å². The number of morpholine rings is 1. The van der Waals surface area contributed by atoms with E-state index in [4.69, 9.17) is 4.74 Å². The SMILES string of the molecule is O=C(O)C1CCCCC1N1CCOC2CCCCC21. The van der Waals surface area contributed by atoms with E-state index in [0.717, 1.165) is 38.8 Å². The van der Waals surface area contributed by atoms with Gasteiger partial charge in [-0.15, -0.1) is 0 Å². The highest BCUT2D eigenvalue weighted by Crippen LogP contribution is 2.36. The number of nitrogens with zero attached hydrogens (tertiary/aromatic N) is 1. The second-order valence-corrected chi connectivity index (χ2v) is 6.30. The number of hydrogen-bond acceptors (Lipinski definition) is 3. The van der Waals surface area contributed by atoms with Crippen molar-refractivity contribution in [1.29, 1.82) is 0 Å². The number of carboxylic acid groups (broad SMARTS) is 1. The zero-order valence-electron chi connectivity index (χ0n) is 11.6. The van der Waals surface area contributed by atoms with Gasteiger partial charge in [0.05, 0.1) is 18.6 Å². The zero-order chi connectivity index (χ0) is 13.2. The third kappa shape index (κ3) is 2.65. The van der Waals surface area contributed by atoms with E-state index in [1.807, 2.05) is 0 Å². The van der Waals surface area contributed by atoms with Crippen molar-refractivity contribution < 1.29 is 14.6 Å². The molecule has 0 aromatic carbocycles. The number of aliphatic carboxylic acids is 1. The number of carboxylic acids is 1. The van der Waals surface area contributed by atoms with Crippen molar-refractivity contribution >= 4 is 5.97 Å². The quantitative estimate of drug-likeness (QED) is 0.834. The van der Waals surface area contributed by atoms with Gasteiger partial charge >= 0.3 is 5.97 Å². The van der Waals surface area contributed by atoms with Crippen LogP contribution in [0.15, 0.2) is 0 Å². The van der Waals surface area contributed by atoms with Crippen LogP contribution >= 0.6 is 0 Å². The Balaban J connectivity index is 1.76. The van der Waals surface area contributed by atoms with Crippen LogP contribution < -0.4 is 0 Å². The van der Waals surface area contributed by atoms with Crippen LogP contribution in [0.25, 0.3) is 0 Å². The van der Waals surface area contributed by atoms with Gasteiger partial charge < -0.3 is 9.84 Å². The molecule has 4 heteroatoms. The van der Waals surface area contributed by atoms with Gasteiger partial charge in [0.1, 0.15) is 0 Å². The van der Waals surface area contributed by atoms with Gasteiger partial charge in [0.15, 0.2) is 0 Å². The number of fused-ring (bicyclic) bond motifs is 1. The van der Waals surface area contributed by atoms with E-state index >= 15 is 0 Å². The summed E-state index contributed by atoms with van der Waals surface area (Å²) in [6.07, 6.45) is 9.41. The second-order valence-electron chi connectivity index (χ2n) is 6.30. The van der Waals surface area contributed by atoms with E-state index in [2.05, 4.69) is 4.90 Å². The first kappa shape index (κ1) is 13.4. The topological polar surface area (TPSA) is 49.8 Å². The molecule has 3 fully saturated rings. The van der Waals surface area contributed by atoms with Crippen molar-refractivity contribution in [3.05, 3.63) is 0 Å². The predicted molar refractivity (Wildman–Crippen MR) is 72.1 cm³/mol. The Labute approximate surface area is 115 Å². The highest BCUT2D eigenvalue weighted by molar-refractivity contribution is 5.71. The molecular formula is C15H25NO3. The number of carbonyl (C=O) groups is 1. The van der Waals surface area contributed by atoms with Crippen LogP contribution in [0.2, 0.25) is 0 Å². The normalized spacial score (nSPS) is 40.6. The molecule has 1 saturated heterocycles. The molecule has 2 aliphatic carbocycles. The molecule has 4 unspecified atom stereocenters. The summed E-state index contributed by atoms with van der Waals surface area (Å²) in [5.41, 5.74) is 0. The monoisotopic (exact) mass is 267 g/mol. The average molecular weight is 267 g/mol. The molecule has 1 aliphatic heterocycles. The molecule has 1 heterocycles. The molecule has 0 aromatic rings. The lowest BCUT2D eigenvalue weighted by atomic mass is 9.80. The molecule has 0 radical (unpaired) electrons. The summed E-state index contributed by atoms with van der Waals surface area (Å²) in [6.45, 7) is 1.71. The minimum atomic E-state index is -0.594. The van der Waals surface area contributed by atoms with Gasteiger partial charge in [-0.25, -0.2) is 0 Å². The van der Waals surface area contributed by atoms with Gasteiger partial charge in [-0.2, -0.15) is 0 Å². The maximum atomic E-state index is 11.5. The zero-order valence-corrected chi connectivity index (χ0v) is 11.6. The van der Waals surface area contributed by atoms with Crippen LogP contribution in [0.1, 0.15) is 51.4 Å². The fraction of sp³-hybridized carbons (Fsp3) is 0.933. The molecule has 4 atom stereocenters. The lowest BCUT2D eigenvalue weighted by Gasteiger charge is -2.49. The van der Waals surface area contributed by atoms with Crippen molar-refractivity contribution in [2.75, 3.05) is 13.2 Å². The molecule has 1 N–H and O–H groups in total. The third-order valence-corrected chi connectivity index (χ3v) is 5.25. The van der Waals surface area contributed by atoms with E-state index in [0.29, 0.717) is 12.1 Å². The molecule has 3 rings (SSSR count). The van der Waals surface area contributed by atoms with E-state index in [1.165, 1.54) is 25.7 Å². The maximum Gasteiger partial charge on any atom is 0.308 e. The highest BCUT2D eigenvalue weighted by Gasteiger charge is 2.42. The van der Waals surface area contributed by atoms with Crippen molar-refractivity contribution in [3.8, 4) is 0 Å². The lowest BCUT2D eigenvalue weighted by Crippen LogP contribution is -2.59. The number of ether oxygens (including phenoxy) is 1. The Hall–Kier alpha value is -0.610. The van der Waals surface area contributed by atoms with Crippen LogP contribution in [0.5, 0.6) is 0 Å². The Morgan fingerprint density at radius 2 is 1.68 bits per heavy atom. The first-order valence-electron chi connectivity index (χ1n) is 7.87. The Kier molecular flexibility index (Phi) is 4.08.